The van der Waals surface area contributed by atoms with Gasteiger partial charge in [0.2, 0.25) is 0 Å². The van der Waals surface area contributed by atoms with E-state index >= 15 is 0 Å². The fraction of sp³-hybridized carbons (Fsp3) is 0.115. The van der Waals surface area contributed by atoms with Crippen LogP contribution in [-0.4, -0.2) is 34.5 Å². The number of amides is 1. The Balaban J connectivity index is 1.57. The predicted octanol–water partition coefficient (Wildman–Crippen LogP) is 6.58. The summed E-state index contributed by atoms with van der Waals surface area (Å²) >= 11 is 12.2. The number of hydrogen-bond acceptors (Lipinski definition) is 4. The first-order valence-corrected chi connectivity index (χ1v) is 11.6. The van der Waals surface area contributed by atoms with Crippen molar-refractivity contribution in [3.05, 3.63) is 105 Å². The maximum absolute atomic E-state index is 12.9. The van der Waals surface area contributed by atoms with Gasteiger partial charge in [0.05, 0.1) is 18.3 Å². The van der Waals surface area contributed by atoms with Crippen molar-refractivity contribution in [1.29, 1.82) is 0 Å². The number of allylic oxidation sites excluding steroid dienone is 1. The minimum atomic E-state index is -4.43. The van der Waals surface area contributed by atoms with Gasteiger partial charge in [0.15, 0.2) is 5.84 Å². The Morgan fingerprint density at radius 3 is 2.00 bits per heavy atom. The van der Waals surface area contributed by atoms with Crippen LogP contribution in [0, 0.1) is 0 Å². The number of carbonyl (C=O) groups is 1. The van der Waals surface area contributed by atoms with Crippen LogP contribution >= 0.6 is 23.2 Å². The van der Waals surface area contributed by atoms with Crippen molar-refractivity contribution < 1.29 is 18.0 Å². The summed E-state index contributed by atoms with van der Waals surface area (Å²) in [6.45, 7) is -0.0524. The number of hydrogen-bond donors (Lipinski definition) is 0. The molecular formula is C26H17Cl2F3N4O. The lowest BCUT2D eigenvalue weighted by molar-refractivity contribution is -0.137. The third-order valence-corrected chi connectivity index (χ3v) is 6.26. The highest BCUT2D eigenvalue weighted by Crippen LogP contribution is 2.34. The SMILES string of the molecule is O=C1CN2N=CC(c3ccc(Cl)cc3)=C(c3ccc(Cl)cc3)C2=NN1Cc1ccc(C(F)(F)F)cc1. The first-order valence-electron chi connectivity index (χ1n) is 10.8. The molecule has 5 nitrogen and oxygen atoms in total. The maximum atomic E-state index is 12.9. The van der Waals surface area contributed by atoms with E-state index < -0.39 is 11.7 Å². The van der Waals surface area contributed by atoms with Crippen LogP contribution in [0.15, 0.2) is 83.0 Å². The number of halogens is 5. The van der Waals surface area contributed by atoms with Gasteiger partial charge in [0.1, 0.15) is 6.54 Å². The molecule has 10 heteroatoms. The molecule has 2 aliphatic rings. The highest BCUT2D eigenvalue weighted by atomic mass is 35.5. The van der Waals surface area contributed by atoms with Crippen LogP contribution in [0.3, 0.4) is 0 Å². The van der Waals surface area contributed by atoms with Gasteiger partial charge in [-0.15, -0.1) is 5.10 Å². The van der Waals surface area contributed by atoms with Gasteiger partial charge in [-0.25, -0.2) is 10.0 Å². The maximum Gasteiger partial charge on any atom is 0.416 e. The number of carbonyl (C=O) groups excluding carboxylic acids is 1. The van der Waals surface area contributed by atoms with Gasteiger partial charge < -0.3 is 0 Å². The second-order valence-electron chi connectivity index (χ2n) is 8.17. The van der Waals surface area contributed by atoms with E-state index in [2.05, 4.69) is 10.2 Å². The Labute approximate surface area is 214 Å². The van der Waals surface area contributed by atoms with Crippen molar-refractivity contribution in [2.75, 3.05) is 6.54 Å². The molecule has 5 rings (SSSR count). The van der Waals surface area contributed by atoms with Gasteiger partial charge in [-0.2, -0.15) is 18.3 Å². The molecule has 2 aliphatic heterocycles. The number of nitrogens with zero attached hydrogens (tertiary/aromatic N) is 4. The van der Waals surface area contributed by atoms with Crippen LogP contribution in [0.5, 0.6) is 0 Å². The molecule has 0 unspecified atom stereocenters. The molecule has 0 atom stereocenters. The molecule has 182 valence electrons. The minimum absolute atomic E-state index is 0.0161. The Morgan fingerprint density at radius 2 is 1.42 bits per heavy atom. The Bertz CT molecular complexity index is 1400. The summed E-state index contributed by atoms with van der Waals surface area (Å²) in [6, 6.07) is 19.2. The molecule has 0 spiro atoms. The summed E-state index contributed by atoms with van der Waals surface area (Å²) in [5.74, 6) is 0.109. The standard InChI is InChI=1S/C26H17Cl2F3N4O/c27-20-9-3-17(4-10-20)22-13-32-35-15-23(36)34(14-16-1-7-19(8-2-16)26(29,30)31)33-25(35)24(22)18-5-11-21(28)12-6-18/h1-13H,14-15H2. The van der Waals surface area contributed by atoms with Crippen molar-refractivity contribution in [1.82, 2.24) is 10.0 Å². The fourth-order valence-corrected chi connectivity index (χ4v) is 4.19. The lowest BCUT2D eigenvalue weighted by Gasteiger charge is -2.34. The zero-order chi connectivity index (χ0) is 25.4. The number of fused-ring (bicyclic) bond motifs is 1. The molecule has 2 heterocycles. The molecule has 0 aromatic heterocycles. The van der Waals surface area contributed by atoms with Crippen molar-refractivity contribution in [2.24, 2.45) is 10.2 Å². The van der Waals surface area contributed by atoms with Gasteiger partial charge >= 0.3 is 6.18 Å². The Hall–Kier alpha value is -3.62. The topological polar surface area (TPSA) is 48.3 Å². The van der Waals surface area contributed by atoms with E-state index in [1.54, 1.807) is 30.5 Å². The molecule has 0 saturated carbocycles. The molecule has 0 fully saturated rings. The summed E-state index contributed by atoms with van der Waals surface area (Å²) in [6.07, 6.45) is -2.76. The van der Waals surface area contributed by atoms with Crippen LogP contribution in [0.4, 0.5) is 13.2 Å². The van der Waals surface area contributed by atoms with Crippen LogP contribution in [-0.2, 0) is 17.5 Å². The first-order chi connectivity index (χ1) is 17.2. The number of alkyl halides is 3. The largest absolute Gasteiger partial charge is 0.416 e. The van der Waals surface area contributed by atoms with Crippen molar-refractivity contribution >= 4 is 52.3 Å². The molecule has 0 N–H and O–H groups in total. The van der Waals surface area contributed by atoms with E-state index in [-0.39, 0.29) is 19.0 Å². The zero-order valence-corrected chi connectivity index (χ0v) is 20.0. The summed E-state index contributed by atoms with van der Waals surface area (Å²) in [5, 5.41) is 13.0. The normalized spacial score (nSPS) is 15.8. The van der Waals surface area contributed by atoms with Gasteiger partial charge in [-0.1, -0.05) is 59.6 Å². The van der Waals surface area contributed by atoms with E-state index in [0.29, 0.717) is 21.4 Å². The highest BCUT2D eigenvalue weighted by molar-refractivity contribution is 6.40. The van der Waals surface area contributed by atoms with Crippen LogP contribution in [0.25, 0.3) is 11.1 Å². The highest BCUT2D eigenvalue weighted by Gasteiger charge is 2.34. The van der Waals surface area contributed by atoms with E-state index in [9.17, 15) is 18.0 Å². The molecule has 1 amide bonds. The molecule has 0 bridgehead atoms. The summed E-state index contributed by atoms with van der Waals surface area (Å²) in [5.41, 5.74) is 2.92. The number of hydrazone groups is 2. The number of amidine groups is 1. The third kappa shape index (κ3) is 4.87. The number of benzene rings is 3. The van der Waals surface area contributed by atoms with E-state index in [1.807, 2.05) is 24.3 Å². The average molecular weight is 529 g/mol. The van der Waals surface area contributed by atoms with Gasteiger partial charge in [-0.05, 0) is 53.1 Å². The van der Waals surface area contributed by atoms with Gasteiger partial charge in [-0.3, -0.25) is 4.79 Å². The molecule has 3 aromatic rings. The summed E-state index contributed by atoms with van der Waals surface area (Å²) < 4.78 is 38.8. The van der Waals surface area contributed by atoms with Crippen LogP contribution < -0.4 is 0 Å². The Kier molecular flexibility index (Phi) is 6.32. The molecule has 0 radical (unpaired) electrons. The lowest BCUT2D eigenvalue weighted by atomic mass is 9.93. The monoisotopic (exact) mass is 528 g/mol. The van der Waals surface area contributed by atoms with Gasteiger partial charge in [0, 0.05) is 21.2 Å². The predicted molar refractivity (Wildman–Crippen MR) is 134 cm³/mol. The number of rotatable bonds is 4. The third-order valence-electron chi connectivity index (χ3n) is 5.75. The van der Waals surface area contributed by atoms with Crippen molar-refractivity contribution in [3.63, 3.8) is 0 Å². The fourth-order valence-electron chi connectivity index (χ4n) is 3.94. The summed E-state index contributed by atoms with van der Waals surface area (Å²) in [7, 11) is 0. The van der Waals surface area contributed by atoms with E-state index in [1.165, 1.54) is 22.2 Å². The second-order valence-corrected chi connectivity index (χ2v) is 9.05. The van der Waals surface area contributed by atoms with Crippen molar-refractivity contribution in [3.8, 4) is 0 Å². The van der Waals surface area contributed by atoms with Gasteiger partial charge in [0.25, 0.3) is 5.91 Å². The first kappa shape index (κ1) is 24.1. The second kappa shape index (κ2) is 9.44. The molecule has 36 heavy (non-hydrogen) atoms. The summed E-state index contributed by atoms with van der Waals surface area (Å²) in [4.78, 5) is 12.8. The smallest absolute Gasteiger partial charge is 0.271 e. The average Bonchev–Trinajstić information content (AvgIpc) is 2.85. The molecule has 0 aliphatic carbocycles. The van der Waals surface area contributed by atoms with Crippen molar-refractivity contribution in [2.45, 2.75) is 12.7 Å². The quantitative estimate of drug-likeness (QED) is 0.384. The van der Waals surface area contributed by atoms with Crippen LogP contribution in [0.2, 0.25) is 10.0 Å². The molecule has 0 saturated heterocycles. The zero-order valence-electron chi connectivity index (χ0n) is 18.5. The minimum Gasteiger partial charge on any atom is -0.271 e. The van der Waals surface area contributed by atoms with E-state index in [4.69, 9.17) is 23.2 Å². The Morgan fingerprint density at radius 1 is 0.833 bits per heavy atom. The van der Waals surface area contributed by atoms with E-state index in [0.717, 1.165) is 34.4 Å². The molecule has 3 aromatic carbocycles. The molecular weight excluding hydrogens is 512 g/mol. The van der Waals surface area contributed by atoms with Crippen LogP contribution in [0.1, 0.15) is 22.3 Å². The lowest BCUT2D eigenvalue weighted by Crippen LogP contribution is -2.46.